The molecule has 2 aromatic rings. The molecular formula is C12H12FNO3S2. The van der Waals surface area contributed by atoms with Gasteiger partial charge in [0.25, 0.3) is 10.0 Å². The highest BCUT2D eigenvalue weighted by molar-refractivity contribution is 7.93. The van der Waals surface area contributed by atoms with E-state index in [1.54, 1.807) is 12.3 Å². The van der Waals surface area contributed by atoms with E-state index in [4.69, 9.17) is 5.11 Å². The average molecular weight is 301 g/mol. The molecule has 19 heavy (non-hydrogen) atoms. The fourth-order valence-corrected chi connectivity index (χ4v) is 3.90. The van der Waals surface area contributed by atoms with E-state index < -0.39 is 15.8 Å². The summed E-state index contributed by atoms with van der Waals surface area (Å²) in [5.41, 5.74) is 0.590. The molecule has 1 aromatic heterocycles. The van der Waals surface area contributed by atoms with Crippen LogP contribution in [0.4, 0.5) is 10.1 Å². The third kappa shape index (κ3) is 2.94. The van der Waals surface area contributed by atoms with Gasteiger partial charge in [0.15, 0.2) is 0 Å². The van der Waals surface area contributed by atoms with E-state index in [2.05, 4.69) is 4.72 Å². The smallest absolute Gasteiger partial charge is 0.263 e. The van der Waals surface area contributed by atoms with Gasteiger partial charge < -0.3 is 5.11 Å². The number of thiophene rings is 1. The lowest BCUT2D eigenvalue weighted by Gasteiger charge is -2.08. The standard InChI is InChI=1S/C12H12FNO3S2/c1-8-2-3-9(6-10(8)13)14-19(16,17)12-4-5-18-11(12)7-15/h2-6,14-15H,7H2,1H3. The van der Waals surface area contributed by atoms with Gasteiger partial charge in [0.1, 0.15) is 10.7 Å². The first kappa shape index (κ1) is 14.0. The van der Waals surface area contributed by atoms with Crippen molar-refractivity contribution >= 4 is 27.0 Å². The normalized spacial score (nSPS) is 11.5. The summed E-state index contributed by atoms with van der Waals surface area (Å²) in [7, 11) is -3.81. The van der Waals surface area contributed by atoms with Gasteiger partial charge in [-0.1, -0.05) is 6.07 Å². The molecule has 4 nitrogen and oxygen atoms in total. The summed E-state index contributed by atoms with van der Waals surface area (Å²) in [5.74, 6) is -0.479. The number of benzene rings is 1. The molecule has 0 unspecified atom stereocenters. The van der Waals surface area contributed by atoms with Crippen LogP contribution >= 0.6 is 11.3 Å². The minimum Gasteiger partial charge on any atom is -0.391 e. The van der Waals surface area contributed by atoms with E-state index in [1.807, 2.05) is 0 Å². The number of sulfonamides is 1. The summed E-state index contributed by atoms with van der Waals surface area (Å²) in [4.78, 5) is 0.362. The first-order valence-electron chi connectivity index (χ1n) is 5.40. The van der Waals surface area contributed by atoms with Crippen molar-refractivity contribution in [3.8, 4) is 0 Å². The zero-order valence-electron chi connectivity index (χ0n) is 10.1. The number of aliphatic hydroxyl groups is 1. The zero-order chi connectivity index (χ0) is 14.0. The molecule has 2 rings (SSSR count). The van der Waals surface area contributed by atoms with Crippen LogP contribution in [-0.4, -0.2) is 13.5 Å². The van der Waals surface area contributed by atoms with Gasteiger partial charge in [-0.25, -0.2) is 12.8 Å². The van der Waals surface area contributed by atoms with Crippen molar-refractivity contribution in [3.63, 3.8) is 0 Å². The molecule has 0 atom stereocenters. The van der Waals surface area contributed by atoms with E-state index in [9.17, 15) is 12.8 Å². The van der Waals surface area contributed by atoms with Crippen LogP contribution in [0.5, 0.6) is 0 Å². The predicted molar refractivity (Wildman–Crippen MR) is 72.2 cm³/mol. The molecule has 0 aliphatic carbocycles. The Bertz CT molecular complexity index is 695. The molecule has 0 spiro atoms. The summed E-state index contributed by atoms with van der Waals surface area (Å²) < 4.78 is 39.9. The van der Waals surface area contributed by atoms with Gasteiger partial charge >= 0.3 is 0 Å². The Balaban J connectivity index is 2.34. The molecule has 1 heterocycles. The van der Waals surface area contributed by atoms with Crippen molar-refractivity contribution < 1.29 is 17.9 Å². The largest absolute Gasteiger partial charge is 0.391 e. The summed E-state index contributed by atoms with van der Waals surface area (Å²) in [6, 6.07) is 5.51. The molecule has 102 valence electrons. The lowest BCUT2D eigenvalue weighted by Crippen LogP contribution is -2.14. The molecular weight excluding hydrogens is 289 g/mol. The van der Waals surface area contributed by atoms with Gasteiger partial charge in [-0.05, 0) is 36.1 Å². The number of hydrogen-bond donors (Lipinski definition) is 2. The van der Waals surface area contributed by atoms with Crippen molar-refractivity contribution in [1.82, 2.24) is 0 Å². The minimum absolute atomic E-state index is 0.0148. The lowest BCUT2D eigenvalue weighted by atomic mass is 10.2. The molecule has 0 aliphatic rings. The Morgan fingerprint density at radius 1 is 1.37 bits per heavy atom. The highest BCUT2D eigenvalue weighted by Gasteiger charge is 2.19. The van der Waals surface area contributed by atoms with Crippen molar-refractivity contribution in [2.75, 3.05) is 4.72 Å². The average Bonchev–Trinajstić information content (AvgIpc) is 2.82. The minimum atomic E-state index is -3.81. The van der Waals surface area contributed by atoms with Gasteiger partial charge in [0.2, 0.25) is 0 Å². The van der Waals surface area contributed by atoms with E-state index in [0.29, 0.717) is 10.4 Å². The van der Waals surface area contributed by atoms with Crippen LogP contribution in [0.15, 0.2) is 34.5 Å². The van der Waals surface area contributed by atoms with Crippen LogP contribution in [0.2, 0.25) is 0 Å². The van der Waals surface area contributed by atoms with Gasteiger partial charge in [-0.2, -0.15) is 0 Å². The number of anilines is 1. The van der Waals surface area contributed by atoms with Crippen LogP contribution in [0, 0.1) is 12.7 Å². The van der Waals surface area contributed by atoms with Crippen LogP contribution in [0.3, 0.4) is 0 Å². The summed E-state index contributed by atoms with van der Waals surface area (Å²) >= 11 is 1.15. The fourth-order valence-electron chi connectivity index (χ4n) is 1.55. The number of aryl methyl sites for hydroxylation is 1. The monoisotopic (exact) mass is 301 g/mol. The molecule has 0 amide bonds. The first-order valence-corrected chi connectivity index (χ1v) is 7.76. The maximum atomic E-state index is 13.4. The SMILES string of the molecule is Cc1ccc(NS(=O)(=O)c2ccsc2CO)cc1F. The third-order valence-corrected chi connectivity index (χ3v) is 5.06. The summed E-state index contributed by atoms with van der Waals surface area (Å²) in [6.45, 7) is 1.24. The predicted octanol–water partition coefficient (Wildman–Crippen LogP) is 2.49. The molecule has 2 N–H and O–H groups in total. The molecule has 0 bridgehead atoms. The molecule has 7 heteroatoms. The molecule has 1 aromatic carbocycles. The Labute approximate surface area is 114 Å². The van der Waals surface area contributed by atoms with Crippen LogP contribution in [0.25, 0.3) is 0 Å². The van der Waals surface area contributed by atoms with E-state index in [-0.39, 0.29) is 17.2 Å². The Morgan fingerprint density at radius 2 is 2.11 bits per heavy atom. The quantitative estimate of drug-likeness (QED) is 0.912. The Hall–Kier alpha value is -1.44. The summed E-state index contributed by atoms with van der Waals surface area (Å²) in [5, 5.41) is 10.7. The Morgan fingerprint density at radius 3 is 2.74 bits per heavy atom. The molecule has 0 saturated carbocycles. The molecule has 0 saturated heterocycles. The van der Waals surface area contributed by atoms with E-state index in [0.717, 1.165) is 17.4 Å². The van der Waals surface area contributed by atoms with Crippen molar-refractivity contribution in [1.29, 1.82) is 0 Å². The second-order valence-corrected chi connectivity index (χ2v) is 6.59. The van der Waals surface area contributed by atoms with Crippen molar-refractivity contribution in [3.05, 3.63) is 45.9 Å². The van der Waals surface area contributed by atoms with Crippen molar-refractivity contribution in [2.45, 2.75) is 18.4 Å². The second kappa shape index (κ2) is 5.28. The van der Waals surface area contributed by atoms with Crippen LogP contribution in [-0.2, 0) is 16.6 Å². The number of halogens is 1. The maximum absolute atomic E-state index is 13.4. The fraction of sp³-hybridized carbons (Fsp3) is 0.167. The molecule has 0 radical (unpaired) electrons. The number of nitrogens with one attached hydrogen (secondary N) is 1. The lowest BCUT2D eigenvalue weighted by molar-refractivity contribution is 0.282. The van der Waals surface area contributed by atoms with Gasteiger partial charge in [-0.15, -0.1) is 11.3 Å². The second-order valence-electron chi connectivity index (χ2n) is 3.94. The molecule has 0 fully saturated rings. The highest BCUT2D eigenvalue weighted by Crippen LogP contribution is 2.24. The van der Waals surface area contributed by atoms with E-state index in [1.165, 1.54) is 18.2 Å². The van der Waals surface area contributed by atoms with Crippen molar-refractivity contribution in [2.24, 2.45) is 0 Å². The highest BCUT2D eigenvalue weighted by atomic mass is 32.2. The number of aliphatic hydroxyl groups excluding tert-OH is 1. The topological polar surface area (TPSA) is 66.4 Å². The van der Waals surface area contributed by atoms with Crippen LogP contribution < -0.4 is 4.72 Å². The number of rotatable bonds is 4. The summed E-state index contributed by atoms with van der Waals surface area (Å²) in [6.07, 6.45) is 0. The zero-order valence-corrected chi connectivity index (χ0v) is 11.7. The van der Waals surface area contributed by atoms with Gasteiger partial charge in [-0.3, -0.25) is 4.72 Å². The van der Waals surface area contributed by atoms with Crippen LogP contribution in [0.1, 0.15) is 10.4 Å². The number of hydrogen-bond acceptors (Lipinski definition) is 4. The Kier molecular flexibility index (Phi) is 3.88. The van der Waals surface area contributed by atoms with Gasteiger partial charge in [0.05, 0.1) is 17.2 Å². The van der Waals surface area contributed by atoms with E-state index >= 15 is 0 Å². The third-order valence-electron chi connectivity index (χ3n) is 2.56. The first-order chi connectivity index (χ1) is 8.94. The maximum Gasteiger partial charge on any atom is 0.263 e. The molecule has 0 aliphatic heterocycles. The van der Waals surface area contributed by atoms with Gasteiger partial charge in [0, 0.05) is 0 Å².